The van der Waals surface area contributed by atoms with Crippen molar-refractivity contribution in [2.24, 2.45) is 0 Å². The number of hydrogen-bond donors (Lipinski definition) is 3. The first kappa shape index (κ1) is 15.3. The Balaban J connectivity index is 2.82. The summed E-state index contributed by atoms with van der Waals surface area (Å²) in [4.78, 5) is 11.6. The van der Waals surface area contributed by atoms with Crippen molar-refractivity contribution in [2.75, 3.05) is 30.8 Å². The van der Waals surface area contributed by atoms with Crippen molar-refractivity contribution in [3.63, 3.8) is 0 Å². The van der Waals surface area contributed by atoms with E-state index in [-0.39, 0.29) is 24.0 Å². The van der Waals surface area contributed by atoms with E-state index < -0.39 is 19.1 Å². The minimum Gasteiger partial charge on any atom is -0.461 e. The molecule has 0 aliphatic heterocycles. The second-order valence-corrected chi connectivity index (χ2v) is 4.05. The summed E-state index contributed by atoms with van der Waals surface area (Å²) in [7, 11) is 1.58. The molecular weight excluding hydrogens is 260 g/mol. The third-order valence-electron chi connectivity index (χ3n) is 1.92. The lowest BCUT2D eigenvalue weighted by atomic mass is 10.3. The molecule has 0 aliphatic rings. The Morgan fingerprint density at radius 2 is 1.89 bits per heavy atom. The van der Waals surface area contributed by atoms with Crippen LogP contribution >= 0.6 is 0 Å². The van der Waals surface area contributed by atoms with E-state index in [1.807, 2.05) is 0 Å². The van der Waals surface area contributed by atoms with Crippen molar-refractivity contribution in [1.82, 2.24) is 15.0 Å². The lowest BCUT2D eigenvalue weighted by molar-refractivity contribution is -0.0374. The number of halogens is 2. The molecule has 0 aliphatic carbocycles. The van der Waals surface area contributed by atoms with Gasteiger partial charge in [-0.05, 0) is 13.8 Å². The highest BCUT2D eigenvalue weighted by Crippen LogP contribution is 2.15. The van der Waals surface area contributed by atoms with E-state index in [0.717, 1.165) is 0 Å². The Labute approximate surface area is 109 Å². The average Bonchev–Trinajstić information content (AvgIpc) is 2.35. The summed E-state index contributed by atoms with van der Waals surface area (Å²) in [6.45, 7) is 1.54. The third kappa shape index (κ3) is 5.16. The Hall–Kier alpha value is -1.77. The summed E-state index contributed by atoms with van der Waals surface area (Å²) in [5.41, 5.74) is 0. The molecule has 0 amide bonds. The van der Waals surface area contributed by atoms with Crippen LogP contribution in [0.25, 0.3) is 0 Å². The van der Waals surface area contributed by atoms with E-state index in [1.165, 1.54) is 0 Å². The number of nitrogens with zero attached hydrogens (tertiary/aromatic N) is 3. The van der Waals surface area contributed by atoms with Gasteiger partial charge in [0.1, 0.15) is 6.61 Å². The maximum atomic E-state index is 12.9. The number of nitrogens with one attached hydrogen (secondary N) is 2. The van der Waals surface area contributed by atoms with Gasteiger partial charge in [0.25, 0.3) is 5.92 Å². The fourth-order valence-corrected chi connectivity index (χ4v) is 1.08. The topological polar surface area (TPSA) is 92.2 Å². The normalized spacial score (nSPS) is 11.5. The predicted octanol–water partition coefficient (Wildman–Crippen LogP) is 0.740. The molecule has 19 heavy (non-hydrogen) atoms. The summed E-state index contributed by atoms with van der Waals surface area (Å²) >= 11 is 0. The molecule has 3 N–H and O–H groups in total. The first-order valence-electron chi connectivity index (χ1n) is 5.69. The molecule has 0 spiro atoms. The van der Waals surface area contributed by atoms with Gasteiger partial charge in [0.15, 0.2) is 0 Å². The van der Waals surface area contributed by atoms with Gasteiger partial charge in [-0.2, -0.15) is 15.0 Å². The minimum absolute atomic E-state index is 0.0316. The van der Waals surface area contributed by atoms with Gasteiger partial charge in [0.2, 0.25) is 11.9 Å². The van der Waals surface area contributed by atoms with E-state index in [9.17, 15) is 8.78 Å². The van der Waals surface area contributed by atoms with Gasteiger partial charge in [-0.1, -0.05) is 0 Å². The molecule has 0 saturated carbocycles. The first-order chi connectivity index (χ1) is 8.86. The number of aliphatic hydroxyl groups excluding tert-OH is 1. The maximum Gasteiger partial charge on any atom is 0.323 e. The molecular formula is C10H17F2N5O2. The number of aliphatic hydroxyl groups is 1. The number of alkyl halides is 2. The van der Waals surface area contributed by atoms with Crippen LogP contribution in [0.15, 0.2) is 0 Å². The summed E-state index contributed by atoms with van der Waals surface area (Å²) < 4.78 is 31.1. The molecule has 0 saturated heterocycles. The highest BCUT2D eigenvalue weighted by molar-refractivity contribution is 5.35. The monoisotopic (exact) mass is 277 g/mol. The predicted molar refractivity (Wildman–Crippen MR) is 65.7 cm³/mol. The Kier molecular flexibility index (Phi) is 5.16. The van der Waals surface area contributed by atoms with E-state index in [0.29, 0.717) is 0 Å². The van der Waals surface area contributed by atoms with E-state index in [4.69, 9.17) is 9.84 Å². The van der Waals surface area contributed by atoms with E-state index in [1.54, 1.807) is 20.9 Å². The second kappa shape index (κ2) is 6.41. The number of aromatic nitrogens is 3. The van der Waals surface area contributed by atoms with E-state index >= 15 is 0 Å². The first-order valence-corrected chi connectivity index (χ1v) is 5.69. The summed E-state index contributed by atoms with van der Waals surface area (Å²) in [5, 5.41) is 13.5. The quantitative estimate of drug-likeness (QED) is 0.677. The number of hydrogen-bond acceptors (Lipinski definition) is 7. The van der Waals surface area contributed by atoms with E-state index in [2.05, 4.69) is 25.6 Å². The van der Waals surface area contributed by atoms with Crippen molar-refractivity contribution in [3.8, 4) is 6.01 Å². The molecule has 0 radical (unpaired) electrons. The van der Waals surface area contributed by atoms with Gasteiger partial charge in [0.05, 0.1) is 12.6 Å². The standard InChI is InChI=1S/C10H17F2N5O2/c1-6(2)19-9-16-7(13-3)15-8(17-9)14-4-10(11,12)5-18/h6,18H,4-5H2,1-3H3,(H2,13,14,15,16,17). The SMILES string of the molecule is CNc1nc(NCC(F)(F)CO)nc(OC(C)C)n1. The zero-order valence-electron chi connectivity index (χ0n) is 10.9. The van der Waals surface area contributed by atoms with Crippen molar-refractivity contribution in [1.29, 1.82) is 0 Å². The number of anilines is 2. The molecule has 7 nitrogen and oxygen atoms in total. The summed E-state index contributed by atoms with van der Waals surface area (Å²) in [6.07, 6.45) is -0.154. The van der Waals surface area contributed by atoms with Crippen molar-refractivity contribution in [2.45, 2.75) is 25.9 Å². The second-order valence-electron chi connectivity index (χ2n) is 4.05. The van der Waals surface area contributed by atoms with Gasteiger partial charge >= 0.3 is 6.01 Å². The Bertz CT molecular complexity index is 417. The van der Waals surface area contributed by atoms with Crippen molar-refractivity contribution < 1.29 is 18.6 Å². The van der Waals surface area contributed by atoms with Crippen LogP contribution in [0.3, 0.4) is 0 Å². The zero-order chi connectivity index (χ0) is 14.5. The zero-order valence-corrected chi connectivity index (χ0v) is 10.9. The van der Waals surface area contributed by atoms with Crippen LogP contribution in [-0.4, -0.2) is 52.3 Å². The summed E-state index contributed by atoms with van der Waals surface area (Å²) in [6, 6.07) is 0.0316. The Morgan fingerprint density at radius 3 is 2.42 bits per heavy atom. The van der Waals surface area contributed by atoms with Gasteiger partial charge < -0.3 is 20.5 Å². The average molecular weight is 277 g/mol. The molecule has 1 heterocycles. The maximum absolute atomic E-state index is 12.9. The van der Waals surface area contributed by atoms with Gasteiger partial charge in [-0.3, -0.25) is 0 Å². The molecule has 1 aromatic rings. The van der Waals surface area contributed by atoms with Crippen LogP contribution in [-0.2, 0) is 0 Å². The number of ether oxygens (including phenoxy) is 1. The molecule has 0 aromatic carbocycles. The third-order valence-corrected chi connectivity index (χ3v) is 1.92. The lowest BCUT2D eigenvalue weighted by Gasteiger charge is -2.15. The summed E-state index contributed by atoms with van der Waals surface area (Å²) in [5.74, 6) is -3.10. The fourth-order valence-electron chi connectivity index (χ4n) is 1.08. The molecule has 0 fully saturated rings. The highest BCUT2D eigenvalue weighted by Gasteiger charge is 2.27. The molecule has 9 heteroatoms. The molecule has 0 bridgehead atoms. The van der Waals surface area contributed by atoms with Crippen LogP contribution in [0.1, 0.15) is 13.8 Å². The van der Waals surface area contributed by atoms with Crippen LogP contribution in [0.5, 0.6) is 6.01 Å². The molecule has 0 atom stereocenters. The molecule has 0 unspecified atom stereocenters. The van der Waals surface area contributed by atoms with Crippen LogP contribution in [0, 0.1) is 0 Å². The van der Waals surface area contributed by atoms with Crippen LogP contribution in [0.2, 0.25) is 0 Å². The van der Waals surface area contributed by atoms with Gasteiger partial charge in [0, 0.05) is 7.05 Å². The van der Waals surface area contributed by atoms with Crippen LogP contribution in [0.4, 0.5) is 20.7 Å². The Morgan fingerprint density at radius 1 is 1.26 bits per heavy atom. The highest BCUT2D eigenvalue weighted by atomic mass is 19.3. The van der Waals surface area contributed by atoms with Crippen molar-refractivity contribution in [3.05, 3.63) is 0 Å². The smallest absolute Gasteiger partial charge is 0.323 e. The number of rotatable bonds is 7. The largest absolute Gasteiger partial charge is 0.461 e. The lowest BCUT2D eigenvalue weighted by Crippen LogP contribution is -2.31. The molecule has 1 aromatic heterocycles. The van der Waals surface area contributed by atoms with Gasteiger partial charge in [-0.25, -0.2) is 8.78 Å². The fraction of sp³-hybridized carbons (Fsp3) is 0.700. The van der Waals surface area contributed by atoms with Crippen LogP contribution < -0.4 is 15.4 Å². The molecule has 108 valence electrons. The molecule has 1 rings (SSSR count). The van der Waals surface area contributed by atoms with Gasteiger partial charge in [-0.15, -0.1) is 0 Å². The minimum atomic E-state index is -3.24. The van der Waals surface area contributed by atoms with Crippen molar-refractivity contribution >= 4 is 11.9 Å².